The summed E-state index contributed by atoms with van der Waals surface area (Å²) in [6, 6.07) is 4.17. The average molecular weight is 213 g/mol. The highest BCUT2D eigenvalue weighted by Gasteiger charge is 2.28. The van der Waals surface area contributed by atoms with Crippen molar-refractivity contribution in [2.45, 2.75) is 18.6 Å². The number of β-amino-alcohol motifs (C(OH)–C–C–N with tert-alkyl or cyclic N) is 2. The lowest BCUT2D eigenvalue weighted by Crippen LogP contribution is -2.24. The van der Waals surface area contributed by atoms with Crippen LogP contribution in [0.5, 0.6) is 0 Å². The van der Waals surface area contributed by atoms with Gasteiger partial charge in [-0.25, -0.2) is 0 Å². The first kappa shape index (κ1) is 10.1. The fourth-order valence-corrected chi connectivity index (χ4v) is 2.45. The minimum absolute atomic E-state index is 0.557. The summed E-state index contributed by atoms with van der Waals surface area (Å²) in [5, 5.41) is 20.7. The molecule has 0 radical (unpaired) electrons. The Bertz CT molecular complexity index is 266. The Morgan fingerprint density at radius 1 is 1.36 bits per heavy atom. The molecular weight excluding hydrogens is 198 g/mol. The minimum atomic E-state index is -0.557. The second-order valence-electron chi connectivity index (χ2n) is 3.72. The summed E-state index contributed by atoms with van der Waals surface area (Å²) in [6.45, 7) is 2.13. The van der Waals surface area contributed by atoms with Gasteiger partial charge >= 0.3 is 0 Å². The second kappa shape index (κ2) is 4.40. The number of aliphatic hydroxyl groups is 2. The molecule has 3 nitrogen and oxygen atoms in total. The van der Waals surface area contributed by atoms with E-state index in [0.717, 1.165) is 13.0 Å². The Balaban J connectivity index is 1.77. The van der Waals surface area contributed by atoms with Crippen LogP contribution in [0.15, 0.2) is 17.5 Å². The van der Waals surface area contributed by atoms with Crippen molar-refractivity contribution in [2.24, 2.45) is 0 Å². The van der Waals surface area contributed by atoms with Gasteiger partial charge in [-0.2, -0.15) is 0 Å². The normalized spacial score (nSPS) is 28.4. The van der Waals surface area contributed by atoms with Crippen molar-refractivity contribution in [1.29, 1.82) is 0 Å². The van der Waals surface area contributed by atoms with Crippen LogP contribution in [0, 0.1) is 0 Å². The van der Waals surface area contributed by atoms with Crippen LogP contribution in [0.2, 0.25) is 0 Å². The molecule has 4 heteroatoms. The molecule has 0 unspecified atom stereocenters. The quantitative estimate of drug-likeness (QED) is 0.760. The smallest absolute Gasteiger partial charge is 0.0938 e. The lowest BCUT2D eigenvalue weighted by atomic mass is 10.3. The van der Waals surface area contributed by atoms with Crippen LogP contribution in [0.4, 0.5) is 0 Å². The van der Waals surface area contributed by atoms with Gasteiger partial charge in [0.25, 0.3) is 0 Å². The average Bonchev–Trinajstić information content (AvgIpc) is 2.74. The molecule has 14 heavy (non-hydrogen) atoms. The highest BCUT2D eigenvalue weighted by molar-refractivity contribution is 7.09. The van der Waals surface area contributed by atoms with Crippen LogP contribution < -0.4 is 0 Å². The molecule has 2 rings (SSSR count). The Morgan fingerprint density at radius 3 is 2.64 bits per heavy atom. The van der Waals surface area contributed by atoms with Crippen LogP contribution in [0.25, 0.3) is 0 Å². The van der Waals surface area contributed by atoms with E-state index in [2.05, 4.69) is 16.3 Å². The van der Waals surface area contributed by atoms with Crippen molar-refractivity contribution < 1.29 is 10.2 Å². The van der Waals surface area contributed by atoms with E-state index in [1.54, 1.807) is 11.3 Å². The number of hydrogen-bond acceptors (Lipinski definition) is 4. The minimum Gasteiger partial charge on any atom is -0.389 e. The summed E-state index contributed by atoms with van der Waals surface area (Å²) in [4.78, 5) is 3.47. The van der Waals surface area contributed by atoms with Crippen LogP contribution in [-0.4, -0.2) is 47.0 Å². The van der Waals surface area contributed by atoms with Gasteiger partial charge in [-0.1, -0.05) is 6.07 Å². The zero-order chi connectivity index (χ0) is 9.97. The molecule has 1 aromatic heterocycles. The van der Waals surface area contributed by atoms with Crippen LogP contribution in [0.1, 0.15) is 4.88 Å². The van der Waals surface area contributed by atoms with Crippen molar-refractivity contribution in [1.82, 2.24) is 4.90 Å². The first-order valence-corrected chi connectivity index (χ1v) is 5.74. The van der Waals surface area contributed by atoms with Gasteiger partial charge in [-0.05, 0) is 17.9 Å². The summed E-state index contributed by atoms with van der Waals surface area (Å²) in [7, 11) is 0. The molecule has 0 aliphatic carbocycles. The van der Waals surface area contributed by atoms with E-state index in [0.29, 0.717) is 13.1 Å². The third-order valence-corrected chi connectivity index (χ3v) is 3.53. The summed E-state index contributed by atoms with van der Waals surface area (Å²) in [5.74, 6) is 0. The summed E-state index contributed by atoms with van der Waals surface area (Å²) < 4.78 is 0. The first-order valence-electron chi connectivity index (χ1n) is 4.86. The molecule has 0 spiro atoms. The van der Waals surface area contributed by atoms with E-state index < -0.39 is 12.2 Å². The number of likely N-dealkylation sites (tertiary alicyclic amines) is 1. The molecule has 2 atom stereocenters. The number of hydrogen-bond donors (Lipinski definition) is 2. The Morgan fingerprint density at radius 2 is 2.07 bits per heavy atom. The fourth-order valence-electron chi connectivity index (χ4n) is 1.75. The molecule has 0 bridgehead atoms. The zero-order valence-corrected chi connectivity index (χ0v) is 8.78. The maximum atomic E-state index is 9.34. The van der Waals surface area contributed by atoms with E-state index in [1.165, 1.54) is 4.88 Å². The first-order chi connectivity index (χ1) is 6.75. The van der Waals surface area contributed by atoms with Gasteiger partial charge in [0.1, 0.15) is 0 Å². The highest BCUT2D eigenvalue weighted by atomic mass is 32.1. The van der Waals surface area contributed by atoms with Crippen molar-refractivity contribution in [3.8, 4) is 0 Å². The Hall–Kier alpha value is -0.420. The van der Waals surface area contributed by atoms with Crippen molar-refractivity contribution in [3.63, 3.8) is 0 Å². The predicted molar refractivity (Wildman–Crippen MR) is 56.5 cm³/mol. The summed E-state index contributed by atoms with van der Waals surface area (Å²) in [6.07, 6.45) is -0.103. The van der Waals surface area contributed by atoms with Gasteiger partial charge in [0.05, 0.1) is 12.2 Å². The molecule has 1 aromatic rings. The molecule has 1 saturated heterocycles. The molecule has 2 N–H and O–H groups in total. The Kier molecular flexibility index (Phi) is 3.18. The standard InChI is InChI=1S/C10H15NO2S/c12-9-6-11(7-10(9)13)4-3-8-2-1-5-14-8/h1-2,5,9-10,12-13H,3-4,6-7H2/t9-,10+. The van der Waals surface area contributed by atoms with Crippen LogP contribution >= 0.6 is 11.3 Å². The molecule has 78 valence electrons. The van der Waals surface area contributed by atoms with Crippen LogP contribution in [0.3, 0.4) is 0 Å². The second-order valence-corrected chi connectivity index (χ2v) is 4.76. The third kappa shape index (κ3) is 2.33. The molecule has 1 fully saturated rings. The van der Waals surface area contributed by atoms with E-state index in [9.17, 15) is 10.2 Å². The molecule has 0 aromatic carbocycles. The van der Waals surface area contributed by atoms with E-state index >= 15 is 0 Å². The summed E-state index contributed by atoms with van der Waals surface area (Å²) in [5.41, 5.74) is 0. The molecule has 2 heterocycles. The maximum Gasteiger partial charge on any atom is 0.0938 e. The van der Waals surface area contributed by atoms with Crippen molar-refractivity contribution >= 4 is 11.3 Å². The molecular formula is C10H15NO2S. The van der Waals surface area contributed by atoms with Crippen LogP contribution in [-0.2, 0) is 6.42 Å². The monoisotopic (exact) mass is 213 g/mol. The molecule has 0 amide bonds. The maximum absolute atomic E-state index is 9.34. The number of nitrogens with zero attached hydrogens (tertiary/aromatic N) is 1. The van der Waals surface area contributed by atoms with E-state index in [-0.39, 0.29) is 0 Å². The van der Waals surface area contributed by atoms with Crippen molar-refractivity contribution in [3.05, 3.63) is 22.4 Å². The highest BCUT2D eigenvalue weighted by Crippen LogP contribution is 2.13. The fraction of sp³-hybridized carbons (Fsp3) is 0.600. The molecule has 1 aliphatic heterocycles. The zero-order valence-electron chi connectivity index (χ0n) is 7.97. The van der Waals surface area contributed by atoms with Gasteiger partial charge in [0.2, 0.25) is 0 Å². The molecule has 1 aliphatic rings. The number of aliphatic hydroxyl groups excluding tert-OH is 2. The van der Waals surface area contributed by atoms with E-state index in [1.807, 2.05) is 6.07 Å². The van der Waals surface area contributed by atoms with Gasteiger partial charge in [0, 0.05) is 24.5 Å². The van der Waals surface area contributed by atoms with Gasteiger partial charge in [-0.3, -0.25) is 4.90 Å². The number of rotatable bonds is 3. The largest absolute Gasteiger partial charge is 0.389 e. The van der Waals surface area contributed by atoms with E-state index in [4.69, 9.17) is 0 Å². The third-order valence-electron chi connectivity index (χ3n) is 2.59. The van der Waals surface area contributed by atoms with Gasteiger partial charge < -0.3 is 10.2 Å². The predicted octanol–water partition coefficient (Wildman–Crippen LogP) is 0.328. The van der Waals surface area contributed by atoms with Crippen molar-refractivity contribution in [2.75, 3.05) is 19.6 Å². The number of thiophene rings is 1. The SMILES string of the molecule is O[C@@H]1CN(CCc2cccs2)C[C@@H]1O. The summed E-state index contributed by atoms with van der Waals surface area (Å²) >= 11 is 1.76. The lowest BCUT2D eigenvalue weighted by molar-refractivity contribution is 0.0572. The Labute approximate surface area is 87.6 Å². The lowest BCUT2D eigenvalue weighted by Gasteiger charge is -2.13. The van der Waals surface area contributed by atoms with Gasteiger partial charge in [-0.15, -0.1) is 11.3 Å². The topological polar surface area (TPSA) is 43.7 Å². The molecule has 0 saturated carbocycles. The van der Waals surface area contributed by atoms with Gasteiger partial charge in [0.15, 0.2) is 0 Å².